The van der Waals surface area contributed by atoms with Crippen molar-refractivity contribution in [2.45, 2.75) is 25.9 Å². The SMILES string of the molecule is CCOC(=O)CC(c1ccc(OCC(N)=O)cc1)c1oc(CO)cc(=O)c1O. The van der Waals surface area contributed by atoms with Crippen LogP contribution in [0.5, 0.6) is 11.5 Å². The van der Waals surface area contributed by atoms with Crippen LogP contribution in [0.15, 0.2) is 39.5 Å². The molecule has 0 saturated carbocycles. The molecule has 1 unspecified atom stereocenters. The van der Waals surface area contributed by atoms with E-state index in [-0.39, 0.29) is 31.2 Å². The molecule has 1 aromatic heterocycles. The summed E-state index contributed by atoms with van der Waals surface area (Å²) in [5, 5.41) is 19.5. The van der Waals surface area contributed by atoms with Crippen LogP contribution >= 0.6 is 0 Å². The average molecular weight is 391 g/mol. The number of amides is 1. The number of aromatic hydroxyl groups is 1. The quantitative estimate of drug-likeness (QED) is 0.531. The first-order valence-electron chi connectivity index (χ1n) is 8.49. The van der Waals surface area contributed by atoms with Crippen molar-refractivity contribution in [2.24, 2.45) is 5.73 Å². The van der Waals surface area contributed by atoms with Gasteiger partial charge in [0.15, 0.2) is 12.4 Å². The van der Waals surface area contributed by atoms with Crippen molar-refractivity contribution < 1.29 is 33.7 Å². The van der Waals surface area contributed by atoms with Gasteiger partial charge in [0.05, 0.1) is 18.9 Å². The molecule has 0 aliphatic heterocycles. The lowest BCUT2D eigenvalue weighted by Crippen LogP contribution is -2.20. The number of hydrogen-bond acceptors (Lipinski definition) is 8. The molecule has 2 aromatic rings. The van der Waals surface area contributed by atoms with Crippen LogP contribution in [-0.2, 0) is 20.9 Å². The first-order chi connectivity index (χ1) is 13.3. The molecule has 4 N–H and O–H groups in total. The number of carbonyl (C=O) groups is 2. The Morgan fingerprint density at radius 3 is 2.50 bits per heavy atom. The molecule has 1 heterocycles. The van der Waals surface area contributed by atoms with E-state index in [0.29, 0.717) is 11.3 Å². The van der Waals surface area contributed by atoms with Gasteiger partial charge in [-0.3, -0.25) is 14.4 Å². The Balaban J connectivity index is 2.43. The minimum absolute atomic E-state index is 0.0481. The van der Waals surface area contributed by atoms with Gasteiger partial charge in [0.25, 0.3) is 5.91 Å². The number of hydrogen-bond donors (Lipinski definition) is 3. The van der Waals surface area contributed by atoms with E-state index in [2.05, 4.69) is 0 Å². The molecule has 2 rings (SSSR count). The fourth-order valence-corrected chi connectivity index (χ4v) is 2.57. The normalized spacial score (nSPS) is 11.6. The van der Waals surface area contributed by atoms with Crippen LogP contribution in [0, 0.1) is 0 Å². The zero-order chi connectivity index (χ0) is 20.7. The minimum atomic E-state index is -0.844. The lowest BCUT2D eigenvalue weighted by Gasteiger charge is -2.18. The third kappa shape index (κ3) is 5.34. The Kier molecular flexibility index (Phi) is 7.16. The number of nitrogens with two attached hydrogens (primary N) is 1. The van der Waals surface area contributed by atoms with Gasteiger partial charge in [0.1, 0.15) is 18.1 Å². The van der Waals surface area contributed by atoms with Gasteiger partial charge in [0.2, 0.25) is 11.2 Å². The summed E-state index contributed by atoms with van der Waals surface area (Å²) in [5.74, 6) is -2.52. The Bertz CT molecular complexity index is 888. The van der Waals surface area contributed by atoms with Crippen LogP contribution in [0.4, 0.5) is 0 Å². The first-order valence-corrected chi connectivity index (χ1v) is 8.49. The second kappa shape index (κ2) is 9.56. The highest BCUT2D eigenvalue weighted by Crippen LogP contribution is 2.34. The monoisotopic (exact) mass is 391 g/mol. The van der Waals surface area contributed by atoms with E-state index in [1.54, 1.807) is 31.2 Å². The summed E-state index contributed by atoms with van der Waals surface area (Å²) in [6.07, 6.45) is -0.208. The maximum atomic E-state index is 12.0. The zero-order valence-corrected chi connectivity index (χ0v) is 15.2. The van der Waals surface area contributed by atoms with Gasteiger partial charge in [-0.2, -0.15) is 0 Å². The average Bonchev–Trinajstić information content (AvgIpc) is 2.67. The van der Waals surface area contributed by atoms with Crippen molar-refractivity contribution in [2.75, 3.05) is 13.2 Å². The minimum Gasteiger partial charge on any atom is -0.502 e. The van der Waals surface area contributed by atoms with Crippen molar-refractivity contribution in [3.05, 3.63) is 57.6 Å². The van der Waals surface area contributed by atoms with Gasteiger partial charge in [-0.25, -0.2) is 0 Å². The van der Waals surface area contributed by atoms with Gasteiger partial charge in [0, 0.05) is 6.07 Å². The third-order valence-corrected chi connectivity index (χ3v) is 3.81. The standard InChI is InChI=1S/C19H21NO8/c1-2-26-17(24)8-14(19-18(25)15(22)7-13(9-21)28-19)11-3-5-12(6-4-11)27-10-16(20)23/h3-7,14,21,25H,2,8-10H2,1H3,(H2,20,23). The summed E-state index contributed by atoms with van der Waals surface area (Å²) < 4.78 is 15.6. The summed E-state index contributed by atoms with van der Waals surface area (Å²) in [7, 11) is 0. The predicted molar refractivity (Wildman–Crippen MR) is 96.8 cm³/mol. The number of esters is 1. The number of rotatable bonds is 9. The van der Waals surface area contributed by atoms with Crippen molar-refractivity contribution in [1.82, 2.24) is 0 Å². The molecule has 1 aromatic carbocycles. The van der Waals surface area contributed by atoms with E-state index in [1.807, 2.05) is 0 Å². The van der Waals surface area contributed by atoms with Crippen molar-refractivity contribution in [3.8, 4) is 11.5 Å². The van der Waals surface area contributed by atoms with E-state index in [9.17, 15) is 24.6 Å². The number of aliphatic hydroxyl groups excluding tert-OH is 1. The topological polar surface area (TPSA) is 149 Å². The molecule has 28 heavy (non-hydrogen) atoms. The molecular formula is C19H21NO8. The molecule has 0 radical (unpaired) electrons. The molecule has 1 amide bonds. The van der Waals surface area contributed by atoms with Crippen LogP contribution < -0.4 is 15.9 Å². The molecule has 0 fully saturated rings. The predicted octanol–water partition coefficient (Wildman–Crippen LogP) is 0.787. The number of benzene rings is 1. The Morgan fingerprint density at radius 2 is 1.93 bits per heavy atom. The van der Waals surface area contributed by atoms with Crippen molar-refractivity contribution >= 4 is 11.9 Å². The van der Waals surface area contributed by atoms with Crippen molar-refractivity contribution in [1.29, 1.82) is 0 Å². The number of carbonyl (C=O) groups excluding carboxylic acids is 2. The van der Waals surface area contributed by atoms with Gasteiger partial charge in [-0.15, -0.1) is 0 Å². The second-order valence-electron chi connectivity index (χ2n) is 5.83. The summed E-state index contributed by atoms with van der Waals surface area (Å²) >= 11 is 0. The highest BCUT2D eigenvalue weighted by atomic mass is 16.5. The second-order valence-corrected chi connectivity index (χ2v) is 5.83. The molecule has 0 saturated heterocycles. The fraction of sp³-hybridized carbons (Fsp3) is 0.316. The zero-order valence-electron chi connectivity index (χ0n) is 15.2. The maximum Gasteiger partial charge on any atom is 0.306 e. The van der Waals surface area contributed by atoms with Crippen LogP contribution in [-0.4, -0.2) is 35.3 Å². The van der Waals surface area contributed by atoms with Gasteiger partial charge >= 0.3 is 5.97 Å². The van der Waals surface area contributed by atoms with E-state index in [4.69, 9.17) is 19.6 Å². The van der Waals surface area contributed by atoms with Crippen LogP contribution in [0.25, 0.3) is 0 Å². The Hall–Kier alpha value is -3.33. The Morgan fingerprint density at radius 1 is 1.25 bits per heavy atom. The van der Waals surface area contributed by atoms with Crippen LogP contribution in [0.3, 0.4) is 0 Å². The number of ether oxygens (including phenoxy) is 2. The lowest BCUT2D eigenvalue weighted by atomic mass is 9.92. The molecule has 9 nitrogen and oxygen atoms in total. The molecule has 0 spiro atoms. The number of primary amides is 1. The smallest absolute Gasteiger partial charge is 0.306 e. The molecule has 150 valence electrons. The van der Waals surface area contributed by atoms with Gasteiger partial charge in [-0.1, -0.05) is 12.1 Å². The van der Waals surface area contributed by atoms with E-state index in [1.165, 1.54) is 0 Å². The summed E-state index contributed by atoms with van der Waals surface area (Å²) in [5.41, 5.74) is 4.82. The highest BCUT2D eigenvalue weighted by Gasteiger charge is 2.26. The largest absolute Gasteiger partial charge is 0.502 e. The van der Waals surface area contributed by atoms with Gasteiger partial charge < -0.3 is 29.8 Å². The molecule has 0 aliphatic rings. The van der Waals surface area contributed by atoms with E-state index in [0.717, 1.165) is 6.07 Å². The lowest BCUT2D eigenvalue weighted by molar-refractivity contribution is -0.143. The summed E-state index contributed by atoms with van der Waals surface area (Å²) in [4.78, 5) is 34.8. The molecule has 0 aliphatic carbocycles. The van der Waals surface area contributed by atoms with E-state index < -0.39 is 35.6 Å². The molecule has 0 bridgehead atoms. The molecular weight excluding hydrogens is 370 g/mol. The third-order valence-electron chi connectivity index (χ3n) is 3.81. The molecule has 9 heteroatoms. The van der Waals surface area contributed by atoms with Gasteiger partial charge in [-0.05, 0) is 24.6 Å². The maximum absolute atomic E-state index is 12.0. The fourth-order valence-electron chi connectivity index (χ4n) is 2.57. The van der Waals surface area contributed by atoms with Crippen LogP contribution in [0.2, 0.25) is 0 Å². The van der Waals surface area contributed by atoms with E-state index >= 15 is 0 Å². The summed E-state index contributed by atoms with van der Waals surface area (Å²) in [6, 6.07) is 7.24. The Labute approximate surface area is 160 Å². The number of aliphatic hydroxyl groups is 1. The highest BCUT2D eigenvalue weighted by molar-refractivity contribution is 5.75. The summed E-state index contributed by atoms with van der Waals surface area (Å²) in [6.45, 7) is 0.980. The van der Waals surface area contributed by atoms with Crippen molar-refractivity contribution in [3.63, 3.8) is 0 Å². The van der Waals surface area contributed by atoms with Crippen LogP contribution in [0.1, 0.15) is 36.3 Å². The first kappa shape index (κ1) is 21.0. The molecule has 1 atom stereocenters.